The van der Waals surface area contributed by atoms with Crippen LogP contribution in [0.25, 0.3) is 16.8 Å². The van der Waals surface area contributed by atoms with Crippen molar-refractivity contribution in [2.45, 2.75) is 24.9 Å². The molecule has 8 nitrogen and oxygen atoms in total. The molecule has 178 valence electrons. The molecule has 0 bridgehead atoms. The summed E-state index contributed by atoms with van der Waals surface area (Å²) in [4.78, 5) is 4.54. The molecule has 4 rings (SSSR count). The predicted octanol–water partition coefficient (Wildman–Crippen LogP) is 3.49. The highest BCUT2D eigenvalue weighted by Crippen LogP contribution is 2.38. The van der Waals surface area contributed by atoms with Crippen LogP contribution in [0.3, 0.4) is 0 Å². The Hall–Kier alpha value is -2.86. The maximum absolute atomic E-state index is 12.6. The fourth-order valence-electron chi connectivity index (χ4n) is 4.04. The molecular weight excluding hydrogens is 461 g/mol. The molecule has 0 N–H and O–H groups in total. The van der Waals surface area contributed by atoms with Gasteiger partial charge >= 0.3 is 6.18 Å². The number of aromatic nitrogens is 3. The van der Waals surface area contributed by atoms with Gasteiger partial charge in [-0.2, -0.15) is 18.3 Å². The second-order valence-electron chi connectivity index (χ2n) is 7.78. The Labute approximate surface area is 189 Å². The Morgan fingerprint density at radius 1 is 1.09 bits per heavy atom. The number of hydrogen-bond acceptors (Lipinski definition) is 6. The Morgan fingerprint density at radius 3 is 2.45 bits per heavy atom. The van der Waals surface area contributed by atoms with Crippen LogP contribution in [0.2, 0.25) is 0 Å². The number of ether oxygens (including phenoxy) is 2. The third-order valence-corrected chi connectivity index (χ3v) is 7.46. The maximum atomic E-state index is 12.6. The number of nitrogens with zero attached hydrogens (tertiary/aromatic N) is 4. The number of benzene rings is 1. The van der Waals surface area contributed by atoms with Gasteiger partial charge in [-0.1, -0.05) is 12.1 Å². The van der Waals surface area contributed by atoms with Crippen molar-refractivity contribution in [3.63, 3.8) is 0 Å². The van der Waals surface area contributed by atoms with Gasteiger partial charge < -0.3 is 9.47 Å². The number of pyridine rings is 1. The second-order valence-corrected chi connectivity index (χ2v) is 9.75. The van der Waals surface area contributed by atoms with Gasteiger partial charge in [0.2, 0.25) is 10.0 Å². The van der Waals surface area contributed by atoms with Gasteiger partial charge in [0.25, 0.3) is 0 Å². The summed E-state index contributed by atoms with van der Waals surface area (Å²) >= 11 is 0. The second kappa shape index (κ2) is 8.82. The highest BCUT2D eigenvalue weighted by Gasteiger charge is 2.40. The van der Waals surface area contributed by atoms with Gasteiger partial charge in [0, 0.05) is 36.3 Å². The molecule has 1 saturated heterocycles. The smallest absolute Gasteiger partial charge is 0.404 e. The topological polar surface area (TPSA) is 86.0 Å². The molecule has 0 radical (unpaired) electrons. The lowest BCUT2D eigenvalue weighted by Gasteiger charge is -2.30. The molecule has 0 amide bonds. The Morgan fingerprint density at radius 2 is 1.82 bits per heavy atom. The summed E-state index contributed by atoms with van der Waals surface area (Å²) in [5.41, 5.74) is 2.27. The molecule has 1 fully saturated rings. The molecular formula is C21H23F3N4O4S. The lowest BCUT2D eigenvalue weighted by Crippen LogP contribution is -2.42. The first-order chi connectivity index (χ1) is 15.6. The van der Waals surface area contributed by atoms with Crippen LogP contribution in [0.5, 0.6) is 11.5 Å². The molecule has 0 saturated carbocycles. The van der Waals surface area contributed by atoms with Crippen molar-refractivity contribution in [1.29, 1.82) is 0 Å². The zero-order valence-corrected chi connectivity index (χ0v) is 18.9. The fraction of sp³-hybridized carbons (Fsp3) is 0.429. The molecule has 1 aliphatic rings. The fourth-order valence-corrected chi connectivity index (χ4v) is 5.40. The quantitative estimate of drug-likeness (QED) is 0.533. The van der Waals surface area contributed by atoms with E-state index in [4.69, 9.17) is 9.47 Å². The first-order valence-corrected chi connectivity index (χ1v) is 11.8. The van der Waals surface area contributed by atoms with Crippen molar-refractivity contribution in [3.8, 4) is 22.6 Å². The van der Waals surface area contributed by atoms with E-state index < -0.39 is 22.0 Å². The van der Waals surface area contributed by atoms with E-state index in [0.717, 1.165) is 15.4 Å². The lowest BCUT2D eigenvalue weighted by atomic mass is 9.98. The maximum Gasteiger partial charge on any atom is 0.404 e. The third kappa shape index (κ3) is 4.91. The average molecular weight is 485 g/mol. The van der Waals surface area contributed by atoms with Crippen LogP contribution in [-0.2, 0) is 10.0 Å². The van der Waals surface area contributed by atoms with Crippen LogP contribution in [-0.4, -0.2) is 66.6 Å². The predicted molar refractivity (Wildman–Crippen MR) is 115 cm³/mol. The first-order valence-electron chi connectivity index (χ1n) is 10.2. The number of fused-ring (bicyclic) bond motifs is 1. The monoisotopic (exact) mass is 484 g/mol. The van der Waals surface area contributed by atoms with E-state index in [-0.39, 0.29) is 19.0 Å². The standard InChI is InChI=1S/C21H23F3N4O4S/c1-31-17-5-3-4-16(19(17)32-2)15-6-7-18-25-20(26-28(18)12-15)14-8-10-27(11-9-14)33(29,30)13-21(22,23)24/h3-7,12,14H,8-11,13H2,1-2H3. The van der Waals surface area contributed by atoms with Crippen LogP contribution >= 0.6 is 0 Å². The van der Waals surface area contributed by atoms with Crippen LogP contribution in [0.4, 0.5) is 13.2 Å². The third-order valence-electron chi connectivity index (χ3n) is 5.62. The molecule has 1 aromatic carbocycles. The van der Waals surface area contributed by atoms with E-state index in [1.807, 2.05) is 30.5 Å². The molecule has 1 aliphatic heterocycles. The summed E-state index contributed by atoms with van der Waals surface area (Å²) in [6, 6.07) is 9.26. The van der Waals surface area contributed by atoms with Crippen molar-refractivity contribution < 1.29 is 31.1 Å². The number of piperidine rings is 1. The van der Waals surface area contributed by atoms with Crippen LogP contribution in [0, 0.1) is 0 Å². The minimum absolute atomic E-state index is 0.00485. The van der Waals surface area contributed by atoms with E-state index in [1.54, 1.807) is 24.8 Å². The number of alkyl halides is 3. The average Bonchev–Trinajstić information content (AvgIpc) is 3.20. The Kier molecular flexibility index (Phi) is 6.23. The van der Waals surface area contributed by atoms with Crippen molar-refractivity contribution in [2.75, 3.05) is 33.1 Å². The first kappa shape index (κ1) is 23.3. The SMILES string of the molecule is COc1cccc(-c2ccc3nc(C4CCN(S(=O)(=O)CC(F)(F)F)CC4)nn3c2)c1OC. The summed E-state index contributed by atoms with van der Waals surface area (Å²) in [7, 11) is -1.25. The number of halogens is 3. The van der Waals surface area contributed by atoms with Gasteiger partial charge in [-0.05, 0) is 31.0 Å². The van der Waals surface area contributed by atoms with Gasteiger partial charge in [0.15, 0.2) is 28.7 Å². The van der Waals surface area contributed by atoms with Crippen LogP contribution in [0.15, 0.2) is 36.5 Å². The number of rotatable bonds is 6. The van der Waals surface area contributed by atoms with Gasteiger partial charge in [-0.15, -0.1) is 0 Å². The highest BCUT2D eigenvalue weighted by atomic mass is 32.2. The number of para-hydroxylation sites is 1. The molecule has 33 heavy (non-hydrogen) atoms. The zero-order chi connectivity index (χ0) is 23.8. The van der Waals surface area contributed by atoms with Crippen LogP contribution < -0.4 is 9.47 Å². The van der Waals surface area contributed by atoms with E-state index in [0.29, 0.717) is 35.8 Å². The van der Waals surface area contributed by atoms with E-state index >= 15 is 0 Å². The molecule has 0 unspecified atom stereocenters. The van der Waals surface area contributed by atoms with Crippen LogP contribution in [0.1, 0.15) is 24.6 Å². The van der Waals surface area contributed by atoms with Gasteiger partial charge in [-0.25, -0.2) is 22.2 Å². The minimum Gasteiger partial charge on any atom is -0.493 e. The number of hydrogen-bond donors (Lipinski definition) is 0. The summed E-state index contributed by atoms with van der Waals surface area (Å²) in [5, 5.41) is 4.55. The van der Waals surface area contributed by atoms with Crippen molar-refractivity contribution in [1.82, 2.24) is 18.9 Å². The summed E-state index contributed by atoms with van der Waals surface area (Å²) in [5.74, 6) is -0.253. The highest BCUT2D eigenvalue weighted by molar-refractivity contribution is 7.89. The van der Waals surface area contributed by atoms with Gasteiger partial charge in [0.05, 0.1) is 14.2 Å². The molecule has 2 aromatic heterocycles. The molecule has 0 aliphatic carbocycles. The summed E-state index contributed by atoms with van der Waals surface area (Å²) in [6.45, 7) is 0.00970. The Bertz CT molecular complexity index is 1250. The normalized spacial score (nSPS) is 16.3. The molecule has 3 aromatic rings. The van der Waals surface area contributed by atoms with Crippen molar-refractivity contribution in [3.05, 3.63) is 42.4 Å². The number of methoxy groups -OCH3 is 2. The summed E-state index contributed by atoms with van der Waals surface area (Å²) < 4.78 is 75.1. The minimum atomic E-state index is -4.76. The number of sulfonamides is 1. The lowest BCUT2D eigenvalue weighted by molar-refractivity contribution is -0.107. The van der Waals surface area contributed by atoms with Gasteiger partial charge in [-0.3, -0.25) is 0 Å². The molecule has 12 heteroatoms. The van der Waals surface area contributed by atoms with E-state index in [2.05, 4.69) is 10.1 Å². The van der Waals surface area contributed by atoms with Crippen molar-refractivity contribution >= 4 is 15.7 Å². The van der Waals surface area contributed by atoms with E-state index in [9.17, 15) is 21.6 Å². The molecule has 0 spiro atoms. The van der Waals surface area contributed by atoms with E-state index in [1.165, 1.54) is 0 Å². The van der Waals surface area contributed by atoms with Crippen molar-refractivity contribution in [2.24, 2.45) is 0 Å². The largest absolute Gasteiger partial charge is 0.493 e. The zero-order valence-electron chi connectivity index (χ0n) is 18.0. The summed E-state index contributed by atoms with van der Waals surface area (Å²) in [6.07, 6.45) is -2.25. The van der Waals surface area contributed by atoms with Gasteiger partial charge in [0.1, 0.15) is 0 Å². The molecule has 0 atom stereocenters. The molecule has 3 heterocycles. The Balaban J connectivity index is 1.54.